The van der Waals surface area contributed by atoms with Crippen LogP contribution in [0, 0.1) is 0 Å². The zero-order chi connectivity index (χ0) is 15.7. The van der Waals surface area contributed by atoms with E-state index in [-0.39, 0.29) is 5.78 Å². The molecular formula is C16H13BrF2N2O. The molecule has 114 valence electrons. The van der Waals surface area contributed by atoms with Crippen molar-refractivity contribution in [3.8, 4) is 0 Å². The van der Waals surface area contributed by atoms with E-state index in [0.29, 0.717) is 27.9 Å². The van der Waals surface area contributed by atoms with Crippen molar-refractivity contribution in [1.82, 2.24) is 9.78 Å². The lowest BCUT2D eigenvalue weighted by molar-refractivity contribution is 0.0565. The molecule has 22 heavy (non-hydrogen) atoms. The number of allylic oxidation sites excluding steroid dienone is 1. The third-order valence-corrected chi connectivity index (χ3v) is 4.14. The molecule has 0 amide bonds. The fourth-order valence-corrected chi connectivity index (χ4v) is 3.01. The maximum Gasteiger partial charge on any atom is 0.333 e. The van der Waals surface area contributed by atoms with Crippen LogP contribution in [0.3, 0.4) is 0 Å². The van der Waals surface area contributed by atoms with Gasteiger partial charge in [-0.05, 0) is 55.2 Å². The highest BCUT2D eigenvalue weighted by molar-refractivity contribution is 9.10. The number of carbonyl (C=O) groups excluding carboxylic acids is 1. The van der Waals surface area contributed by atoms with Crippen LogP contribution >= 0.6 is 15.9 Å². The summed E-state index contributed by atoms with van der Waals surface area (Å²) in [5, 5.41) is 3.77. The molecule has 6 heteroatoms. The zero-order valence-corrected chi connectivity index (χ0v) is 13.2. The largest absolute Gasteiger partial charge is 0.333 e. The molecular weight excluding hydrogens is 354 g/mol. The molecule has 0 radical (unpaired) electrons. The van der Waals surface area contributed by atoms with E-state index >= 15 is 0 Å². The fourth-order valence-electron chi connectivity index (χ4n) is 2.60. The molecule has 1 aliphatic rings. The van der Waals surface area contributed by atoms with Gasteiger partial charge in [-0.25, -0.2) is 4.68 Å². The molecule has 1 aromatic heterocycles. The van der Waals surface area contributed by atoms with Crippen LogP contribution in [0.2, 0.25) is 0 Å². The summed E-state index contributed by atoms with van der Waals surface area (Å²) >= 11 is 3.41. The van der Waals surface area contributed by atoms with E-state index in [1.54, 1.807) is 12.1 Å². The quantitative estimate of drug-likeness (QED) is 0.573. The molecule has 0 N–H and O–H groups in total. The van der Waals surface area contributed by atoms with Crippen LogP contribution in [0.15, 0.2) is 40.5 Å². The Morgan fingerprint density at radius 2 is 2.09 bits per heavy atom. The van der Waals surface area contributed by atoms with E-state index < -0.39 is 6.55 Å². The van der Waals surface area contributed by atoms with Gasteiger partial charge in [-0.2, -0.15) is 13.9 Å². The third-order valence-electron chi connectivity index (χ3n) is 3.65. The lowest BCUT2D eigenvalue weighted by Crippen LogP contribution is -2.04. The van der Waals surface area contributed by atoms with Crippen molar-refractivity contribution in [2.75, 3.05) is 0 Å². The summed E-state index contributed by atoms with van der Waals surface area (Å²) in [6, 6.07) is 7.09. The highest BCUT2D eigenvalue weighted by Gasteiger charge is 2.20. The number of halogens is 3. The predicted octanol–water partition coefficient (Wildman–Crippen LogP) is 4.64. The number of hydrogen-bond acceptors (Lipinski definition) is 2. The van der Waals surface area contributed by atoms with Gasteiger partial charge in [0.2, 0.25) is 0 Å². The number of rotatable bonds is 2. The average molecular weight is 367 g/mol. The Balaban J connectivity index is 1.95. The lowest BCUT2D eigenvalue weighted by atomic mass is 9.99. The van der Waals surface area contributed by atoms with Gasteiger partial charge in [-0.15, -0.1) is 0 Å². The zero-order valence-electron chi connectivity index (χ0n) is 11.6. The molecule has 0 atom stereocenters. The fraction of sp³-hybridized carbons (Fsp3) is 0.250. The third kappa shape index (κ3) is 3.02. The number of nitrogens with zero attached hydrogens (tertiary/aromatic N) is 2. The number of fused-ring (bicyclic) bond motifs is 1. The number of carbonyl (C=O) groups is 1. The monoisotopic (exact) mass is 366 g/mol. The number of alkyl halides is 2. The molecule has 1 aromatic carbocycles. The summed E-state index contributed by atoms with van der Waals surface area (Å²) in [4.78, 5) is 12.6. The highest BCUT2D eigenvalue weighted by Crippen LogP contribution is 2.27. The normalized spacial score (nSPS) is 16.9. The van der Waals surface area contributed by atoms with Crippen LogP contribution in [0.25, 0.3) is 6.08 Å². The van der Waals surface area contributed by atoms with Gasteiger partial charge in [-0.1, -0.05) is 15.9 Å². The molecule has 1 heterocycles. The van der Waals surface area contributed by atoms with Crippen molar-refractivity contribution < 1.29 is 13.6 Å². The molecule has 0 fully saturated rings. The predicted molar refractivity (Wildman–Crippen MR) is 82.9 cm³/mol. The van der Waals surface area contributed by atoms with E-state index in [0.717, 1.165) is 22.9 Å². The molecule has 0 bridgehead atoms. The topological polar surface area (TPSA) is 34.9 Å². The van der Waals surface area contributed by atoms with Crippen LogP contribution < -0.4 is 0 Å². The molecule has 0 unspecified atom stereocenters. The summed E-state index contributed by atoms with van der Waals surface area (Å²) < 4.78 is 26.6. The second-order valence-corrected chi connectivity index (χ2v) is 6.07. The second-order valence-electron chi connectivity index (χ2n) is 5.15. The smallest absolute Gasteiger partial charge is 0.289 e. The molecule has 0 aliphatic heterocycles. The number of Topliss-reactive ketones (excluding diaryl/α,β-unsaturated/α-hetero) is 1. The van der Waals surface area contributed by atoms with E-state index in [9.17, 15) is 13.6 Å². The number of hydrogen-bond donors (Lipinski definition) is 0. The van der Waals surface area contributed by atoms with Gasteiger partial charge in [0, 0.05) is 21.8 Å². The van der Waals surface area contributed by atoms with Gasteiger partial charge in [0.1, 0.15) is 0 Å². The van der Waals surface area contributed by atoms with Gasteiger partial charge in [0.05, 0.1) is 5.69 Å². The van der Waals surface area contributed by atoms with Gasteiger partial charge in [0.25, 0.3) is 0 Å². The van der Waals surface area contributed by atoms with Crippen molar-refractivity contribution in [3.63, 3.8) is 0 Å². The average Bonchev–Trinajstić information content (AvgIpc) is 2.89. The molecule has 0 spiro atoms. The van der Waals surface area contributed by atoms with Gasteiger partial charge in [-0.3, -0.25) is 4.79 Å². The summed E-state index contributed by atoms with van der Waals surface area (Å²) in [7, 11) is 0. The number of aromatic nitrogens is 2. The molecule has 3 rings (SSSR count). The Morgan fingerprint density at radius 3 is 2.82 bits per heavy atom. The summed E-state index contributed by atoms with van der Waals surface area (Å²) in [6.45, 7) is -2.67. The van der Waals surface area contributed by atoms with Crippen molar-refractivity contribution >= 4 is 27.8 Å². The minimum Gasteiger partial charge on any atom is -0.289 e. The Bertz CT molecular complexity index is 752. The Labute approximate surface area is 134 Å². The van der Waals surface area contributed by atoms with Crippen molar-refractivity contribution in [2.24, 2.45) is 0 Å². The van der Waals surface area contributed by atoms with E-state index in [1.807, 2.05) is 12.1 Å². The number of benzene rings is 1. The molecule has 3 nitrogen and oxygen atoms in total. The summed E-state index contributed by atoms with van der Waals surface area (Å²) in [6.07, 6.45) is 5.11. The van der Waals surface area contributed by atoms with Gasteiger partial charge < -0.3 is 0 Å². The second kappa shape index (κ2) is 6.12. The van der Waals surface area contributed by atoms with E-state index in [4.69, 9.17) is 0 Å². The Morgan fingerprint density at radius 1 is 1.27 bits per heavy atom. The molecule has 0 saturated carbocycles. The first-order valence-corrected chi connectivity index (χ1v) is 7.71. The van der Waals surface area contributed by atoms with Crippen molar-refractivity contribution in [1.29, 1.82) is 0 Å². The highest BCUT2D eigenvalue weighted by atomic mass is 79.9. The van der Waals surface area contributed by atoms with E-state index in [2.05, 4.69) is 21.0 Å². The van der Waals surface area contributed by atoms with Crippen molar-refractivity contribution in [2.45, 2.75) is 25.8 Å². The number of ketones is 1. The molecule has 2 aromatic rings. The first kappa shape index (κ1) is 15.1. The Hall–Kier alpha value is -1.82. The molecule has 0 saturated heterocycles. The summed E-state index contributed by atoms with van der Waals surface area (Å²) in [5.74, 6) is -0.0494. The van der Waals surface area contributed by atoms with Crippen molar-refractivity contribution in [3.05, 3.63) is 57.3 Å². The van der Waals surface area contributed by atoms with Crippen LogP contribution in [0.1, 0.15) is 41.0 Å². The maximum atomic E-state index is 12.6. The number of aryl methyl sites for hydroxylation is 1. The standard InChI is InChI=1S/C16H13BrF2N2O/c17-12-4-5-14-10(8-12)2-1-3-11(15(14)22)9-13-6-7-21(20-13)16(18)19/h4-9,16H,1-3H2. The lowest BCUT2D eigenvalue weighted by Gasteiger charge is -2.05. The molecule has 1 aliphatic carbocycles. The van der Waals surface area contributed by atoms with Crippen LogP contribution in [-0.2, 0) is 6.42 Å². The minimum absolute atomic E-state index is 0.0494. The van der Waals surface area contributed by atoms with Crippen LogP contribution in [0.5, 0.6) is 0 Å². The first-order chi connectivity index (χ1) is 10.5. The summed E-state index contributed by atoms with van der Waals surface area (Å²) in [5.41, 5.74) is 2.69. The van der Waals surface area contributed by atoms with E-state index in [1.165, 1.54) is 12.3 Å². The van der Waals surface area contributed by atoms with Crippen LogP contribution in [0.4, 0.5) is 8.78 Å². The maximum absolute atomic E-state index is 12.6. The Kier molecular flexibility index (Phi) is 4.20. The minimum atomic E-state index is -2.67. The van der Waals surface area contributed by atoms with Gasteiger partial charge >= 0.3 is 6.55 Å². The van der Waals surface area contributed by atoms with Gasteiger partial charge in [0.15, 0.2) is 5.78 Å². The van der Waals surface area contributed by atoms with Crippen LogP contribution in [-0.4, -0.2) is 15.6 Å². The SMILES string of the molecule is O=C1C(=Cc2ccn(C(F)F)n2)CCCc2cc(Br)ccc21. The first-order valence-electron chi connectivity index (χ1n) is 6.91.